The third-order valence-corrected chi connectivity index (χ3v) is 2.89. The molecule has 1 aromatic rings. The summed E-state index contributed by atoms with van der Waals surface area (Å²) in [5.41, 5.74) is -0.0212. The Bertz CT molecular complexity index is 453. The molecule has 0 heterocycles. The first kappa shape index (κ1) is 17.0. The van der Waals surface area contributed by atoms with Crippen molar-refractivity contribution in [2.24, 2.45) is 0 Å². The van der Waals surface area contributed by atoms with Gasteiger partial charge in [0, 0.05) is 5.88 Å². The van der Waals surface area contributed by atoms with Gasteiger partial charge in [-0.2, -0.15) is 0 Å². The molecule has 2 N–H and O–H groups in total. The van der Waals surface area contributed by atoms with Crippen molar-refractivity contribution in [3.8, 4) is 0 Å². The zero-order chi connectivity index (χ0) is 15.3. The fourth-order valence-corrected chi connectivity index (χ4v) is 1.97. The van der Waals surface area contributed by atoms with Crippen LogP contribution in [0.1, 0.15) is 49.2 Å². The van der Waals surface area contributed by atoms with Crippen molar-refractivity contribution in [1.82, 2.24) is 0 Å². The zero-order valence-electron chi connectivity index (χ0n) is 12.0. The van der Waals surface area contributed by atoms with Crippen molar-refractivity contribution in [3.63, 3.8) is 0 Å². The molecule has 1 rings (SSSR count). The number of hydrogen-bond donors (Lipinski definition) is 2. The van der Waals surface area contributed by atoms with Gasteiger partial charge in [-0.1, -0.05) is 18.2 Å². The smallest absolute Gasteiger partial charge is 0.339 e. The summed E-state index contributed by atoms with van der Waals surface area (Å²) in [4.78, 5) is 12.1. The van der Waals surface area contributed by atoms with E-state index in [2.05, 4.69) is 0 Å². The number of rotatable bonds is 5. The van der Waals surface area contributed by atoms with Gasteiger partial charge < -0.3 is 14.9 Å². The van der Waals surface area contributed by atoms with E-state index in [1.807, 2.05) is 0 Å². The predicted molar refractivity (Wildman–Crippen MR) is 77.9 cm³/mol. The number of halogens is 1. The van der Waals surface area contributed by atoms with E-state index >= 15 is 0 Å². The molecular formula is C15H21ClO4. The van der Waals surface area contributed by atoms with Gasteiger partial charge in [0.2, 0.25) is 0 Å². The number of carbonyl (C=O) groups excluding carboxylic acids is 1. The standard InChI is InChI=1S/C15H21ClO4/c1-15(2,3)20-14(19)11-7-5-4-6-10(11)13(18)12(17)8-9-16/h4-7,12-13,17-18H,8-9H2,1-3H3. The van der Waals surface area contributed by atoms with Crippen LogP contribution in [0.25, 0.3) is 0 Å². The van der Waals surface area contributed by atoms with Gasteiger partial charge in [-0.05, 0) is 38.8 Å². The summed E-state index contributed by atoms with van der Waals surface area (Å²) in [6.07, 6.45) is -1.95. The minimum absolute atomic E-state index is 0.229. The van der Waals surface area contributed by atoms with E-state index in [1.54, 1.807) is 45.0 Å². The molecule has 0 aromatic heterocycles. The highest BCUT2D eigenvalue weighted by Gasteiger charge is 2.26. The van der Waals surface area contributed by atoms with E-state index in [-0.39, 0.29) is 17.9 Å². The number of esters is 1. The van der Waals surface area contributed by atoms with E-state index in [0.29, 0.717) is 5.56 Å². The number of aliphatic hydroxyl groups is 2. The summed E-state index contributed by atoms with van der Waals surface area (Å²) in [7, 11) is 0. The Kier molecular flexibility index (Phi) is 5.99. The van der Waals surface area contributed by atoms with E-state index in [4.69, 9.17) is 16.3 Å². The Morgan fingerprint density at radius 3 is 2.45 bits per heavy atom. The van der Waals surface area contributed by atoms with Crippen LogP contribution in [0, 0.1) is 0 Å². The number of ether oxygens (including phenoxy) is 1. The fourth-order valence-electron chi connectivity index (χ4n) is 1.75. The molecule has 0 amide bonds. The first-order valence-electron chi connectivity index (χ1n) is 6.50. The normalized spacial score (nSPS) is 14.7. The van der Waals surface area contributed by atoms with Crippen LogP contribution in [0.15, 0.2) is 24.3 Å². The summed E-state index contributed by atoms with van der Waals surface area (Å²) >= 11 is 5.55. The maximum atomic E-state index is 12.1. The molecule has 5 heteroatoms. The lowest BCUT2D eigenvalue weighted by molar-refractivity contribution is 0.00292. The third kappa shape index (κ3) is 4.78. The number of benzene rings is 1. The molecule has 0 aliphatic carbocycles. The van der Waals surface area contributed by atoms with Crippen LogP contribution in [0.2, 0.25) is 0 Å². The van der Waals surface area contributed by atoms with E-state index in [9.17, 15) is 15.0 Å². The van der Waals surface area contributed by atoms with E-state index < -0.39 is 23.8 Å². The Morgan fingerprint density at radius 2 is 1.90 bits per heavy atom. The van der Waals surface area contributed by atoms with Gasteiger partial charge in [0.1, 0.15) is 11.7 Å². The molecule has 0 bridgehead atoms. The molecule has 112 valence electrons. The lowest BCUT2D eigenvalue weighted by Gasteiger charge is -2.23. The zero-order valence-corrected chi connectivity index (χ0v) is 12.7. The molecule has 0 spiro atoms. The Hall–Kier alpha value is -1.10. The first-order chi connectivity index (χ1) is 9.26. The highest BCUT2D eigenvalue weighted by molar-refractivity contribution is 6.17. The van der Waals surface area contributed by atoms with Gasteiger partial charge in [0.25, 0.3) is 0 Å². The molecule has 0 radical (unpaired) electrons. The van der Waals surface area contributed by atoms with Gasteiger partial charge in [-0.15, -0.1) is 11.6 Å². The monoisotopic (exact) mass is 300 g/mol. The summed E-state index contributed by atoms with van der Waals surface area (Å²) < 4.78 is 5.30. The van der Waals surface area contributed by atoms with Crippen molar-refractivity contribution in [1.29, 1.82) is 0 Å². The highest BCUT2D eigenvalue weighted by Crippen LogP contribution is 2.25. The molecule has 0 saturated heterocycles. The third-order valence-electron chi connectivity index (χ3n) is 2.67. The number of alkyl halides is 1. The maximum Gasteiger partial charge on any atom is 0.339 e. The molecular weight excluding hydrogens is 280 g/mol. The molecule has 2 atom stereocenters. The molecule has 1 aromatic carbocycles. The quantitative estimate of drug-likeness (QED) is 0.648. The second-order valence-corrected chi connectivity index (χ2v) is 5.96. The van der Waals surface area contributed by atoms with Crippen LogP contribution < -0.4 is 0 Å². The van der Waals surface area contributed by atoms with Crippen LogP contribution >= 0.6 is 11.6 Å². The van der Waals surface area contributed by atoms with Gasteiger partial charge in [0.15, 0.2) is 0 Å². The van der Waals surface area contributed by atoms with Crippen LogP contribution in [0.5, 0.6) is 0 Å². The van der Waals surface area contributed by atoms with Gasteiger partial charge in [-0.3, -0.25) is 0 Å². The fraction of sp³-hybridized carbons (Fsp3) is 0.533. The van der Waals surface area contributed by atoms with Gasteiger partial charge >= 0.3 is 5.97 Å². The van der Waals surface area contributed by atoms with Crippen LogP contribution in [0.4, 0.5) is 0 Å². The van der Waals surface area contributed by atoms with Gasteiger partial charge in [0.05, 0.1) is 11.7 Å². The SMILES string of the molecule is CC(C)(C)OC(=O)c1ccccc1C(O)C(O)CCCl. The second kappa shape index (κ2) is 7.07. The lowest BCUT2D eigenvalue weighted by Crippen LogP contribution is -2.26. The van der Waals surface area contributed by atoms with Crippen molar-refractivity contribution in [2.75, 3.05) is 5.88 Å². The minimum Gasteiger partial charge on any atom is -0.456 e. The summed E-state index contributed by atoms with van der Waals surface area (Å²) in [6, 6.07) is 6.55. The molecule has 0 aliphatic heterocycles. The maximum absolute atomic E-state index is 12.1. The van der Waals surface area contributed by atoms with E-state index in [1.165, 1.54) is 0 Å². The Morgan fingerprint density at radius 1 is 1.30 bits per heavy atom. The Labute approximate surface area is 124 Å². The molecule has 20 heavy (non-hydrogen) atoms. The second-order valence-electron chi connectivity index (χ2n) is 5.58. The predicted octanol–water partition coefficient (Wildman–Crippen LogP) is 2.67. The molecule has 2 unspecified atom stereocenters. The van der Waals surface area contributed by atoms with Crippen molar-refractivity contribution in [2.45, 2.75) is 45.0 Å². The van der Waals surface area contributed by atoms with Crippen LogP contribution in [-0.2, 0) is 4.74 Å². The topological polar surface area (TPSA) is 66.8 Å². The molecule has 0 saturated carbocycles. The Balaban J connectivity index is 3.01. The number of carbonyl (C=O) groups is 1. The number of aliphatic hydroxyl groups excluding tert-OH is 2. The van der Waals surface area contributed by atoms with Crippen molar-refractivity contribution >= 4 is 17.6 Å². The molecule has 0 fully saturated rings. The summed E-state index contributed by atoms with van der Waals surface area (Å²) in [6.45, 7) is 5.31. The van der Waals surface area contributed by atoms with Gasteiger partial charge in [-0.25, -0.2) is 4.79 Å². The largest absolute Gasteiger partial charge is 0.456 e. The van der Waals surface area contributed by atoms with Crippen molar-refractivity contribution < 1.29 is 19.7 Å². The highest BCUT2D eigenvalue weighted by atomic mass is 35.5. The lowest BCUT2D eigenvalue weighted by atomic mass is 9.97. The molecule has 0 aliphatic rings. The van der Waals surface area contributed by atoms with Crippen LogP contribution in [-0.4, -0.2) is 33.8 Å². The minimum atomic E-state index is -1.17. The average Bonchev–Trinajstić information content (AvgIpc) is 2.36. The summed E-state index contributed by atoms with van der Waals surface area (Å²) in [5.74, 6) is -0.294. The van der Waals surface area contributed by atoms with Crippen LogP contribution in [0.3, 0.4) is 0 Å². The average molecular weight is 301 g/mol. The van der Waals surface area contributed by atoms with E-state index in [0.717, 1.165) is 0 Å². The number of hydrogen-bond acceptors (Lipinski definition) is 4. The summed E-state index contributed by atoms with van der Waals surface area (Å²) in [5, 5.41) is 20.0. The first-order valence-corrected chi connectivity index (χ1v) is 7.04. The molecule has 4 nitrogen and oxygen atoms in total. The van der Waals surface area contributed by atoms with Crippen molar-refractivity contribution in [3.05, 3.63) is 35.4 Å².